The maximum atomic E-state index is 12.6. The molecule has 1 atom stereocenters. The number of hydrogen-bond acceptors (Lipinski definition) is 5. The number of rotatable bonds is 7. The topological polar surface area (TPSA) is 65.9 Å². The van der Waals surface area contributed by atoms with Crippen molar-refractivity contribution in [3.8, 4) is 0 Å². The van der Waals surface area contributed by atoms with E-state index in [-0.39, 0.29) is 9.92 Å². The molecule has 2 heterocycles. The average Bonchev–Trinajstić information content (AvgIpc) is 2.80. The standard InChI is InChI=1S/C24H26Cl2N4O2S2/c1-29(2)16-28-34(31,32)24-10-17(5-6-21(24)25)14-30-9-3-4-20(15-30)33-23-12-18-7-8-27-13-19(18)11-22(23)26/h5-8,10-13,16,20H,3-4,9,14-15H2,1-2H3. The van der Waals surface area contributed by atoms with E-state index in [4.69, 9.17) is 23.2 Å². The van der Waals surface area contributed by atoms with E-state index in [0.717, 1.165) is 52.2 Å². The summed E-state index contributed by atoms with van der Waals surface area (Å²) >= 11 is 14.6. The number of benzene rings is 2. The molecular formula is C24H26Cl2N4O2S2. The minimum atomic E-state index is -3.87. The number of thioether (sulfide) groups is 1. The van der Waals surface area contributed by atoms with Gasteiger partial charge in [0, 0.05) is 55.1 Å². The molecule has 3 aromatic rings. The van der Waals surface area contributed by atoms with Gasteiger partial charge >= 0.3 is 0 Å². The summed E-state index contributed by atoms with van der Waals surface area (Å²) in [6.45, 7) is 2.49. The molecule has 1 aromatic heterocycles. The molecule has 0 N–H and O–H groups in total. The lowest BCUT2D eigenvalue weighted by Gasteiger charge is -2.32. The molecular weight excluding hydrogens is 511 g/mol. The van der Waals surface area contributed by atoms with Gasteiger partial charge in [0.2, 0.25) is 0 Å². The second kappa shape index (κ2) is 10.8. The summed E-state index contributed by atoms with van der Waals surface area (Å²) < 4.78 is 29.0. The van der Waals surface area contributed by atoms with E-state index >= 15 is 0 Å². The van der Waals surface area contributed by atoms with Crippen LogP contribution in [0, 0.1) is 0 Å². The molecule has 34 heavy (non-hydrogen) atoms. The summed E-state index contributed by atoms with van der Waals surface area (Å²) in [6, 6.07) is 11.2. The Kier molecular flexibility index (Phi) is 8.05. The van der Waals surface area contributed by atoms with Crippen LogP contribution < -0.4 is 0 Å². The zero-order valence-corrected chi connectivity index (χ0v) is 22.1. The first-order valence-electron chi connectivity index (χ1n) is 10.9. The van der Waals surface area contributed by atoms with Crippen molar-refractivity contribution >= 4 is 62.1 Å². The van der Waals surface area contributed by atoms with Crippen LogP contribution in [0.25, 0.3) is 10.8 Å². The van der Waals surface area contributed by atoms with Crippen molar-refractivity contribution in [3.63, 3.8) is 0 Å². The number of hydrogen-bond donors (Lipinski definition) is 0. The molecule has 6 nitrogen and oxygen atoms in total. The maximum absolute atomic E-state index is 12.6. The van der Waals surface area contributed by atoms with Crippen LogP contribution in [0.5, 0.6) is 0 Å². The van der Waals surface area contributed by atoms with Gasteiger partial charge in [0.1, 0.15) is 11.2 Å². The number of piperidine rings is 1. The van der Waals surface area contributed by atoms with E-state index in [1.165, 1.54) is 6.34 Å². The van der Waals surface area contributed by atoms with Crippen molar-refractivity contribution in [3.05, 3.63) is 64.4 Å². The number of likely N-dealkylation sites (tertiary alicyclic amines) is 1. The molecule has 0 bridgehead atoms. The van der Waals surface area contributed by atoms with Gasteiger partial charge in [-0.05, 0) is 60.7 Å². The van der Waals surface area contributed by atoms with Crippen molar-refractivity contribution in [1.29, 1.82) is 0 Å². The minimum absolute atomic E-state index is 0.0325. The number of nitrogens with zero attached hydrogens (tertiary/aromatic N) is 4. The van der Waals surface area contributed by atoms with Crippen LogP contribution in [-0.2, 0) is 16.6 Å². The molecule has 10 heteroatoms. The van der Waals surface area contributed by atoms with Crippen molar-refractivity contribution in [2.24, 2.45) is 4.40 Å². The Labute approximate surface area is 215 Å². The summed E-state index contributed by atoms with van der Waals surface area (Å²) in [5.41, 5.74) is 0.893. The molecule has 4 rings (SSSR count). The second-order valence-electron chi connectivity index (χ2n) is 8.55. The molecule has 0 saturated carbocycles. The van der Waals surface area contributed by atoms with Gasteiger partial charge in [-0.15, -0.1) is 16.2 Å². The van der Waals surface area contributed by atoms with Crippen LogP contribution in [-0.4, -0.2) is 62.0 Å². The number of aromatic nitrogens is 1. The Balaban J connectivity index is 1.47. The predicted molar refractivity (Wildman–Crippen MR) is 142 cm³/mol. The van der Waals surface area contributed by atoms with Crippen LogP contribution in [0.4, 0.5) is 0 Å². The van der Waals surface area contributed by atoms with Gasteiger partial charge in [0.25, 0.3) is 10.0 Å². The fraction of sp³-hybridized carbons (Fsp3) is 0.333. The van der Waals surface area contributed by atoms with E-state index < -0.39 is 10.0 Å². The molecule has 1 unspecified atom stereocenters. The van der Waals surface area contributed by atoms with Crippen molar-refractivity contribution in [1.82, 2.24) is 14.8 Å². The molecule has 180 valence electrons. The third-order valence-corrected chi connectivity index (χ3v) is 8.99. The van der Waals surface area contributed by atoms with E-state index in [0.29, 0.717) is 11.8 Å². The van der Waals surface area contributed by atoms with Crippen LogP contribution in [0.1, 0.15) is 18.4 Å². The van der Waals surface area contributed by atoms with Crippen LogP contribution in [0.15, 0.2) is 63.0 Å². The highest BCUT2D eigenvalue weighted by atomic mass is 35.5. The lowest BCUT2D eigenvalue weighted by Crippen LogP contribution is -2.36. The second-order valence-corrected chi connectivity index (χ2v) is 12.3. The Bertz CT molecular complexity index is 1320. The van der Waals surface area contributed by atoms with Crippen molar-refractivity contribution in [2.75, 3.05) is 27.2 Å². The zero-order valence-electron chi connectivity index (χ0n) is 19.0. The Morgan fingerprint density at radius 3 is 2.79 bits per heavy atom. The summed E-state index contributed by atoms with van der Waals surface area (Å²) in [7, 11) is -0.445. The van der Waals surface area contributed by atoms with Crippen molar-refractivity contribution < 1.29 is 8.42 Å². The highest BCUT2D eigenvalue weighted by molar-refractivity contribution is 8.00. The van der Waals surface area contributed by atoms with Crippen molar-refractivity contribution in [2.45, 2.75) is 34.4 Å². The first-order valence-corrected chi connectivity index (χ1v) is 14.0. The van der Waals surface area contributed by atoms with E-state index in [2.05, 4.69) is 20.3 Å². The smallest absolute Gasteiger partial charge is 0.285 e. The quantitative estimate of drug-likeness (QED) is 0.290. The molecule has 1 aliphatic heterocycles. The predicted octanol–water partition coefficient (Wildman–Crippen LogP) is 5.58. The average molecular weight is 538 g/mol. The molecule has 1 saturated heterocycles. The molecule has 0 radical (unpaired) electrons. The Morgan fingerprint density at radius 1 is 1.18 bits per heavy atom. The van der Waals surface area contributed by atoms with Gasteiger partial charge in [-0.1, -0.05) is 29.3 Å². The first kappa shape index (κ1) is 25.3. The Hall–Kier alpha value is -1.84. The van der Waals surface area contributed by atoms with Gasteiger partial charge in [0.15, 0.2) is 0 Å². The van der Waals surface area contributed by atoms with E-state index in [1.54, 1.807) is 49.1 Å². The summed E-state index contributed by atoms with van der Waals surface area (Å²) in [5, 5.41) is 3.47. The third-order valence-electron chi connectivity index (χ3n) is 5.54. The number of halogens is 2. The van der Waals surface area contributed by atoms with Gasteiger partial charge in [-0.3, -0.25) is 9.88 Å². The lowest BCUT2D eigenvalue weighted by molar-refractivity contribution is 0.226. The van der Waals surface area contributed by atoms with Gasteiger partial charge in [0.05, 0.1) is 10.0 Å². The molecule has 1 fully saturated rings. The monoisotopic (exact) mass is 536 g/mol. The molecule has 0 amide bonds. The molecule has 1 aliphatic rings. The third kappa shape index (κ3) is 6.23. The highest BCUT2D eigenvalue weighted by Crippen LogP contribution is 2.37. The van der Waals surface area contributed by atoms with Gasteiger partial charge < -0.3 is 4.90 Å². The Morgan fingerprint density at radius 2 is 2.00 bits per heavy atom. The number of pyridine rings is 1. The van der Waals surface area contributed by atoms with Crippen LogP contribution in [0.3, 0.4) is 0 Å². The van der Waals surface area contributed by atoms with E-state index in [9.17, 15) is 8.42 Å². The maximum Gasteiger partial charge on any atom is 0.285 e. The summed E-state index contributed by atoms with van der Waals surface area (Å²) in [4.78, 5) is 9.19. The fourth-order valence-corrected chi connectivity index (χ4v) is 6.98. The van der Waals surface area contributed by atoms with Gasteiger partial charge in [-0.2, -0.15) is 8.42 Å². The van der Waals surface area contributed by atoms with Gasteiger partial charge in [-0.25, -0.2) is 0 Å². The fourth-order valence-electron chi connectivity index (χ4n) is 3.93. The minimum Gasteiger partial charge on any atom is -0.368 e. The summed E-state index contributed by atoms with van der Waals surface area (Å²) in [6.07, 6.45) is 7.05. The highest BCUT2D eigenvalue weighted by Gasteiger charge is 2.23. The van der Waals surface area contributed by atoms with E-state index in [1.807, 2.05) is 24.4 Å². The largest absolute Gasteiger partial charge is 0.368 e. The normalized spacial score (nSPS) is 17.5. The molecule has 2 aromatic carbocycles. The van der Waals surface area contributed by atoms with Crippen LogP contribution >= 0.6 is 35.0 Å². The molecule has 0 aliphatic carbocycles. The first-order chi connectivity index (χ1) is 16.2. The zero-order chi connectivity index (χ0) is 24.3. The number of fused-ring (bicyclic) bond motifs is 1. The van der Waals surface area contributed by atoms with Crippen LogP contribution in [0.2, 0.25) is 10.0 Å². The lowest BCUT2D eigenvalue weighted by atomic mass is 10.1. The summed E-state index contributed by atoms with van der Waals surface area (Å²) in [5.74, 6) is 0. The number of sulfonamides is 1. The molecule has 0 spiro atoms. The SMILES string of the molecule is CN(C)C=NS(=O)(=O)c1cc(CN2CCCC(Sc3cc4ccncc4cc3Cl)C2)ccc1Cl.